The summed E-state index contributed by atoms with van der Waals surface area (Å²) in [5.74, 6) is -0.121. The van der Waals surface area contributed by atoms with E-state index in [9.17, 15) is 19.5 Å². The van der Waals surface area contributed by atoms with Crippen LogP contribution >= 0.6 is 6.64 Å². The van der Waals surface area contributed by atoms with Gasteiger partial charge in [0, 0.05) is 12.3 Å². The van der Waals surface area contributed by atoms with Crippen molar-refractivity contribution in [3.63, 3.8) is 0 Å². The Morgan fingerprint density at radius 2 is 1.97 bits per heavy atom. The average Bonchev–Trinajstić information content (AvgIpc) is 3.12. The number of ether oxygens (including phenoxy) is 2. The molecule has 2 fully saturated rings. The number of aromatic nitrogens is 2. The molecule has 1 aliphatic carbocycles. The summed E-state index contributed by atoms with van der Waals surface area (Å²) in [4.78, 5) is 38.5. The Hall–Kier alpha value is -2.41. The predicted octanol–water partition coefficient (Wildman–Crippen LogP) is 2.70. The maximum absolute atomic E-state index is 15.6. The number of carbonyl (C=O) groups excluding carboxylic acids is 1. The van der Waals surface area contributed by atoms with E-state index in [4.69, 9.17) is 30.3 Å². The van der Waals surface area contributed by atoms with Crippen molar-refractivity contribution in [3.05, 3.63) is 63.4 Å². The van der Waals surface area contributed by atoms with Crippen molar-refractivity contribution in [2.75, 3.05) is 6.61 Å². The minimum absolute atomic E-state index is 0.151. The summed E-state index contributed by atoms with van der Waals surface area (Å²) < 4.78 is 39.6. The molecule has 1 saturated heterocycles. The molecule has 2 aliphatic rings. The van der Waals surface area contributed by atoms with Gasteiger partial charge in [0.1, 0.15) is 30.1 Å². The highest BCUT2D eigenvalue weighted by Gasteiger charge is 2.55. The molecule has 0 radical (unpaired) electrons. The number of aliphatic hydroxyl groups excluding tert-OH is 1. The van der Waals surface area contributed by atoms with E-state index in [1.807, 2.05) is 4.98 Å². The quantitative estimate of drug-likeness (QED) is 0.282. The lowest BCUT2D eigenvalue weighted by Crippen LogP contribution is -2.43. The fraction of sp³-hybridized carbons (Fsp3) is 0.560. The molecule has 214 valence electrons. The van der Waals surface area contributed by atoms with Gasteiger partial charge in [-0.05, 0) is 63.5 Å². The molecule has 1 aromatic carbocycles. The zero-order valence-electron chi connectivity index (χ0n) is 21.7. The molecule has 39 heavy (non-hydrogen) atoms. The first kappa shape index (κ1) is 29.6. The van der Waals surface area contributed by atoms with E-state index >= 15 is 4.39 Å². The number of hydrogen-bond donors (Lipinski definition) is 3. The highest BCUT2D eigenvalue weighted by Crippen LogP contribution is 2.47. The third kappa shape index (κ3) is 7.22. The van der Waals surface area contributed by atoms with Gasteiger partial charge >= 0.3 is 18.3 Å². The first-order valence-electron chi connectivity index (χ1n) is 12.8. The molecule has 0 unspecified atom stereocenters. The monoisotopic (exact) mass is 585 g/mol. The van der Waals surface area contributed by atoms with Crippen molar-refractivity contribution in [2.45, 2.75) is 82.2 Å². The number of H-pyrrole nitrogens is 1. The van der Waals surface area contributed by atoms with Crippen LogP contribution in [-0.2, 0) is 30.6 Å². The van der Waals surface area contributed by atoms with Crippen molar-refractivity contribution in [3.8, 4) is 5.75 Å². The number of hydrogen-bond acceptors (Lipinski definition) is 9. The lowest BCUT2D eigenvalue weighted by Gasteiger charge is -2.29. The zero-order valence-corrected chi connectivity index (χ0v) is 23.4. The highest BCUT2D eigenvalue weighted by molar-refractivity contribution is 8.09. The van der Waals surface area contributed by atoms with Crippen LogP contribution in [0, 0.1) is 0 Å². The van der Waals surface area contributed by atoms with Crippen molar-refractivity contribution >= 4 is 24.4 Å². The van der Waals surface area contributed by atoms with Crippen molar-refractivity contribution in [2.24, 2.45) is 0 Å². The van der Waals surface area contributed by atoms with E-state index in [0.29, 0.717) is 5.75 Å². The van der Waals surface area contributed by atoms with E-state index in [-0.39, 0.29) is 6.10 Å². The van der Waals surface area contributed by atoms with Gasteiger partial charge in [0.25, 0.3) is 5.56 Å². The predicted molar refractivity (Wildman–Crippen MR) is 144 cm³/mol. The lowest BCUT2D eigenvalue weighted by atomic mass is 9.98. The van der Waals surface area contributed by atoms with E-state index < -0.39 is 60.6 Å². The van der Waals surface area contributed by atoms with E-state index in [0.717, 1.165) is 55.9 Å². The number of carbonyl (C=O) groups is 1. The number of alkyl halides is 1. The summed E-state index contributed by atoms with van der Waals surface area (Å²) in [5, 5.41) is 13.6. The third-order valence-electron chi connectivity index (χ3n) is 6.74. The van der Waals surface area contributed by atoms with Crippen LogP contribution in [0.3, 0.4) is 0 Å². The average molecular weight is 586 g/mol. The minimum Gasteiger partial charge on any atom is -0.461 e. The summed E-state index contributed by atoms with van der Waals surface area (Å²) in [5.41, 5.74) is -3.96. The van der Waals surface area contributed by atoms with E-state index in [2.05, 4.69) is 5.09 Å². The molecule has 4 rings (SSSR count). The van der Waals surface area contributed by atoms with Crippen LogP contribution < -0.4 is 20.9 Å². The molecule has 0 spiro atoms. The molecule has 3 N–H and O–H groups in total. The molecule has 1 saturated carbocycles. The molecule has 2 heterocycles. The number of nitrogens with one attached hydrogen (secondary N) is 2. The van der Waals surface area contributed by atoms with Gasteiger partial charge in [-0.1, -0.05) is 24.6 Å². The van der Waals surface area contributed by atoms with Gasteiger partial charge in [-0.3, -0.25) is 19.1 Å². The van der Waals surface area contributed by atoms with Gasteiger partial charge in [-0.2, -0.15) is 0 Å². The van der Waals surface area contributed by atoms with Crippen molar-refractivity contribution in [1.29, 1.82) is 0 Å². The summed E-state index contributed by atoms with van der Waals surface area (Å²) in [7, 11) is 0. The molecule has 1 aliphatic heterocycles. The third-order valence-corrected chi connectivity index (χ3v) is 9.24. The normalized spacial score (nSPS) is 27.9. The molecular formula is C25H33FN3O8PS. The molecule has 14 heteroatoms. The number of para-hydroxylation sites is 1. The van der Waals surface area contributed by atoms with Gasteiger partial charge in [0.05, 0.1) is 6.61 Å². The van der Waals surface area contributed by atoms with Crippen LogP contribution in [-0.4, -0.2) is 57.3 Å². The molecule has 11 nitrogen and oxygen atoms in total. The number of rotatable bonds is 10. The van der Waals surface area contributed by atoms with E-state index in [1.54, 1.807) is 37.3 Å². The van der Waals surface area contributed by atoms with Crippen LogP contribution in [0.1, 0.15) is 52.2 Å². The Labute approximate surface area is 229 Å². The summed E-state index contributed by atoms with van der Waals surface area (Å²) >= 11 is 5.69. The number of nitrogens with zero attached hydrogens (tertiary/aromatic N) is 1. The fourth-order valence-electron chi connectivity index (χ4n) is 4.58. The topological polar surface area (TPSA) is 141 Å². The van der Waals surface area contributed by atoms with Crippen LogP contribution in [0.15, 0.2) is 52.2 Å². The summed E-state index contributed by atoms with van der Waals surface area (Å²) in [6.45, 7) is -1.23. The zero-order chi connectivity index (χ0) is 28.2. The minimum atomic E-state index is -3.48. The SMILES string of the molecule is C[C@H](N[P@](=S)(OC[C@H]1O[C@@H](n2ccc(=O)[nH]c2=O)[C@](C)(F)[C@@H]1O)Oc1ccccc1)C(=O)OC1CCCCC1. The van der Waals surface area contributed by atoms with Crippen molar-refractivity contribution in [1.82, 2.24) is 14.6 Å². The first-order valence-corrected chi connectivity index (χ1v) is 15.4. The maximum Gasteiger partial charge on any atom is 0.330 e. The maximum atomic E-state index is 15.6. The van der Waals surface area contributed by atoms with Gasteiger partial charge in [0.2, 0.25) is 0 Å². The Bertz CT molecular complexity index is 1300. The molecule has 0 amide bonds. The number of aromatic amines is 1. The van der Waals surface area contributed by atoms with Crippen LogP contribution in [0.4, 0.5) is 4.39 Å². The van der Waals surface area contributed by atoms with Gasteiger partial charge in [0.15, 0.2) is 11.9 Å². The van der Waals surface area contributed by atoms with Crippen LogP contribution in [0.2, 0.25) is 0 Å². The molecule has 0 bridgehead atoms. The second-order valence-electron chi connectivity index (χ2n) is 9.89. The second kappa shape index (κ2) is 12.4. The largest absolute Gasteiger partial charge is 0.461 e. The highest BCUT2D eigenvalue weighted by atomic mass is 32.5. The fourth-order valence-corrected chi connectivity index (χ4v) is 7.00. The van der Waals surface area contributed by atoms with Gasteiger partial charge < -0.3 is 23.6 Å². The Balaban J connectivity index is 1.48. The Kier molecular flexibility index (Phi) is 9.41. The number of benzene rings is 1. The van der Waals surface area contributed by atoms with E-state index in [1.165, 1.54) is 0 Å². The lowest BCUT2D eigenvalue weighted by molar-refractivity contribution is -0.152. The smallest absolute Gasteiger partial charge is 0.330 e. The Morgan fingerprint density at radius 3 is 2.64 bits per heavy atom. The molecule has 2 aromatic rings. The number of esters is 1. The number of aliphatic hydroxyl groups is 1. The molecule has 6 atom stereocenters. The summed E-state index contributed by atoms with van der Waals surface area (Å²) in [6, 6.07) is 8.75. The van der Waals surface area contributed by atoms with Gasteiger partial charge in [-0.15, -0.1) is 0 Å². The second-order valence-corrected chi connectivity index (χ2v) is 13.0. The number of halogens is 1. The van der Waals surface area contributed by atoms with Crippen LogP contribution in [0.25, 0.3) is 0 Å². The molecular weight excluding hydrogens is 552 g/mol. The summed E-state index contributed by atoms with van der Waals surface area (Å²) in [6.07, 6.45) is 1.16. The van der Waals surface area contributed by atoms with Gasteiger partial charge in [-0.25, -0.2) is 14.3 Å². The molecule has 1 aromatic heterocycles. The first-order chi connectivity index (χ1) is 18.5. The Morgan fingerprint density at radius 1 is 1.28 bits per heavy atom. The van der Waals surface area contributed by atoms with Crippen molar-refractivity contribution < 1.29 is 32.8 Å². The standard InChI is InChI=1S/C25H33FN3O8PS/c1-16(22(32)35-17-9-5-3-6-10-17)28-38(39,37-18-11-7-4-8-12-18)34-15-19-21(31)25(2,26)23(36-19)29-14-13-20(30)27-24(29)33/h4,7-8,11-14,16-17,19,21,23,31H,3,5-6,9-10,15H2,1-2H3,(H,28,39)(H,27,30,33)/t16-,19+,21+,23+,25+,38-/m0/s1. The van der Waals surface area contributed by atoms with Crippen LogP contribution in [0.5, 0.6) is 5.75 Å².